The van der Waals surface area contributed by atoms with Gasteiger partial charge in [0.05, 0.1) is 0 Å². The predicted molar refractivity (Wildman–Crippen MR) is 138 cm³/mol. The molecule has 3 atom stereocenters. The van der Waals surface area contributed by atoms with Crippen molar-refractivity contribution in [3.05, 3.63) is 125 Å². The fraction of sp³-hybridized carbons (Fsp3) is 0.219. The molecule has 1 heterocycles. The Morgan fingerprint density at radius 3 is 1.97 bits per heavy atom. The van der Waals surface area contributed by atoms with E-state index in [1.54, 1.807) is 0 Å². The molecule has 0 amide bonds. The Morgan fingerprint density at radius 1 is 0.694 bits per heavy atom. The molecule has 4 heteroatoms. The van der Waals surface area contributed by atoms with Gasteiger partial charge in [-0.3, -0.25) is 4.79 Å². The Balaban J connectivity index is 1.19. The first-order valence-corrected chi connectivity index (χ1v) is 12.5. The Kier molecular flexibility index (Phi) is 6.17. The van der Waals surface area contributed by atoms with Crippen molar-refractivity contribution in [2.75, 3.05) is 0 Å². The summed E-state index contributed by atoms with van der Waals surface area (Å²) in [5, 5.41) is 0. The summed E-state index contributed by atoms with van der Waals surface area (Å²) in [7, 11) is 0. The van der Waals surface area contributed by atoms with Crippen molar-refractivity contribution in [1.82, 2.24) is 0 Å². The molecule has 1 aliphatic heterocycles. The molecule has 6 rings (SSSR count). The lowest BCUT2D eigenvalue weighted by atomic mass is 9.80. The standard InChI is InChI=1S/C32H28O4/c33-25-17-28-29-19-27(35-21-23-9-5-2-6-10-23)15-16-31(29)36-32(30(28)18-25)24-11-13-26(14-12-24)34-20-22-7-3-1-4-8-22/h1-16,19,28,30,32H,17-18,20-21H2. The van der Waals surface area contributed by atoms with E-state index in [1.165, 1.54) is 0 Å². The fourth-order valence-electron chi connectivity index (χ4n) is 5.33. The van der Waals surface area contributed by atoms with Gasteiger partial charge in [-0.1, -0.05) is 72.8 Å². The van der Waals surface area contributed by atoms with Crippen molar-refractivity contribution < 1.29 is 19.0 Å². The van der Waals surface area contributed by atoms with Crippen LogP contribution in [-0.4, -0.2) is 5.78 Å². The third-order valence-electron chi connectivity index (χ3n) is 7.16. The number of carbonyl (C=O) groups excluding carboxylic acids is 1. The van der Waals surface area contributed by atoms with Crippen molar-refractivity contribution in [3.63, 3.8) is 0 Å². The highest BCUT2D eigenvalue weighted by Gasteiger charge is 2.45. The summed E-state index contributed by atoms with van der Waals surface area (Å²) in [5.41, 5.74) is 4.40. The Hall–Kier alpha value is -4.05. The molecule has 4 aromatic carbocycles. The van der Waals surface area contributed by atoms with Gasteiger partial charge in [0.15, 0.2) is 0 Å². The Labute approximate surface area is 211 Å². The smallest absolute Gasteiger partial charge is 0.133 e. The number of hydrogen-bond acceptors (Lipinski definition) is 4. The maximum atomic E-state index is 12.6. The highest BCUT2D eigenvalue weighted by molar-refractivity contribution is 5.83. The van der Waals surface area contributed by atoms with E-state index in [0.717, 1.165) is 39.5 Å². The lowest BCUT2D eigenvalue weighted by molar-refractivity contribution is -0.117. The minimum absolute atomic E-state index is 0.116. The molecule has 0 bridgehead atoms. The lowest BCUT2D eigenvalue weighted by Gasteiger charge is -2.36. The van der Waals surface area contributed by atoms with Gasteiger partial charge in [-0.15, -0.1) is 0 Å². The van der Waals surface area contributed by atoms with Crippen LogP contribution in [0.2, 0.25) is 0 Å². The summed E-state index contributed by atoms with van der Waals surface area (Å²) in [4.78, 5) is 12.6. The second kappa shape index (κ2) is 9.90. The minimum atomic E-state index is -0.159. The fourth-order valence-corrected chi connectivity index (χ4v) is 5.33. The van der Waals surface area contributed by atoms with E-state index in [4.69, 9.17) is 14.2 Å². The normalized spacial score (nSPS) is 20.2. The molecule has 4 aromatic rings. The van der Waals surface area contributed by atoms with Crippen LogP contribution in [0.3, 0.4) is 0 Å². The molecule has 1 saturated carbocycles. The van der Waals surface area contributed by atoms with Gasteiger partial charge >= 0.3 is 0 Å². The molecule has 0 radical (unpaired) electrons. The van der Waals surface area contributed by atoms with Crippen molar-refractivity contribution in [1.29, 1.82) is 0 Å². The molecular weight excluding hydrogens is 448 g/mol. The average Bonchev–Trinajstić information content (AvgIpc) is 3.33. The van der Waals surface area contributed by atoms with Crippen LogP contribution in [0.25, 0.3) is 0 Å². The van der Waals surface area contributed by atoms with Crippen LogP contribution in [0.4, 0.5) is 0 Å². The number of ketones is 1. The zero-order valence-corrected chi connectivity index (χ0v) is 20.0. The summed E-state index contributed by atoms with van der Waals surface area (Å²) < 4.78 is 18.5. The molecule has 3 unspecified atom stereocenters. The number of Topliss-reactive ketones (excluding diaryl/α,β-unsaturated/α-hetero) is 1. The molecule has 0 aromatic heterocycles. The number of hydrogen-bond donors (Lipinski definition) is 0. The van der Waals surface area contributed by atoms with E-state index in [0.29, 0.717) is 31.8 Å². The maximum absolute atomic E-state index is 12.6. The van der Waals surface area contributed by atoms with Gasteiger partial charge in [-0.2, -0.15) is 0 Å². The highest BCUT2D eigenvalue weighted by atomic mass is 16.5. The zero-order valence-electron chi connectivity index (χ0n) is 20.0. The van der Waals surface area contributed by atoms with E-state index >= 15 is 0 Å². The molecule has 4 nitrogen and oxygen atoms in total. The molecular formula is C32H28O4. The minimum Gasteiger partial charge on any atom is -0.489 e. The van der Waals surface area contributed by atoms with Gasteiger partial charge in [0.1, 0.15) is 42.3 Å². The third-order valence-corrected chi connectivity index (χ3v) is 7.16. The summed E-state index contributed by atoms with van der Waals surface area (Å²) in [6, 6.07) is 34.4. The van der Waals surface area contributed by atoms with Gasteiger partial charge in [-0.05, 0) is 47.0 Å². The van der Waals surface area contributed by atoms with Crippen LogP contribution in [0.5, 0.6) is 17.2 Å². The van der Waals surface area contributed by atoms with E-state index < -0.39 is 0 Å². The van der Waals surface area contributed by atoms with Crippen molar-refractivity contribution >= 4 is 5.78 Å². The number of rotatable bonds is 7. The molecule has 1 fully saturated rings. The number of carbonyl (C=O) groups is 1. The average molecular weight is 477 g/mol. The zero-order chi connectivity index (χ0) is 24.3. The number of ether oxygens (including phenoxy) is 3. The maximum Gasteiger partial charge on any atom is 0.133 e. The molecule has 0 spiro atoms. The van der Waals surface area contributed by atoms with Gasteiger partial charge in [0.25, 0.3) is 0 Å². The first-order valence-electron chi connectivity index (χ1n) is 12.5. The third kappa shape index (κ3) is 4.72. The molecule has 0 N–H and O–H groups in total. The van der Waals surface area contributed by atoms with E-state index in [9.17, 15) is 4.79 Å². The summed E-state index contributed by atoms with van der Waals surface area (Å²) in [6.45, 7) is 1.04. The predicted octanol–water partition coefficient (Wildman–Crippen LogP) is 7.04. The van der Waals surface area contributed by atoms with Crippen molar-refractivity contribution in [2.24, 2.45) is 5.92 Å². The number of fused-ring (bicyclic) bond motifs is 3. The Morgan fingerprint density at radius 2 is 1.31 bits per heavy atom. The molecule has 2 aliphatic rings. The second-order valence-corrected chi connectivity index (χ2v) is 9.57. The summed E-state index contributed by atoms with van der Waals surface area (Å²) in [5.74, 6) is 3.01. The van der Waals surface area contributed by atoms with E-state index in [-0.39, 0.29) is 17.9 Å². The molecule has 1 aliphatic carbocycles. The summed E-state index contributed by atoms with van der Waals surface area (Å²) >= 11 is 0. The van der Waals surface area contributed by atoms with Crippen molar-refractivity contribution in [2.45, 2.75) is 38.1 Å². The van der Waals surface area contributed by atoms with E-state index in [1.807, 2.05) is 60.7 Å². The Bertz CT molecular complexity index is 1330. The summed E-state index contributed by atoms with van der Waals surface area (Å²) in [6.07, 6.45) is 0.932. The lowest BCUT2D eigenvalue weighted by Crippen LogP contribution is -2.26. The monoisotopic (exact) mass is 476 g/mol. The van der Waals surface area contributed by atoms with Crippen LogP contribution in [0.1, 0.15) is 47.1 Å². The van der Waals surface area contributed by atoms with Gasteiger partial charge in [-0.25, -0.2) is 0 Å². The van der Waals surface area contributed by atoms with Gasteiger partial charge < -0.3 is 14.2 Å². The second-order valence-electron chi connectivity index (χ2n) is 9.57. The molecule has 180 valence electrons. The quantitative estimate of drug-likeness (QED) is 0.287. The van der Waals surface area contributed by atoms with Crippen molar-refractivity contribution in [3.8, 4) is 17.2 Å². The SMILES string of the molecule is O=C1CC2c3cc(OCc4ccccc4)ccc3OC(c3ccc(OCc4ccccc4)cc3)C2C1. The topological polar surface area (TPSA) is 44.8 Å². The first-order chi connectivity index (χ1) is 17.7. The van der Waals surface area contributed by atoms with Crippen LogP contribution in [0, 0.1) is 5.92 Å². The van der Waals surface area contributed by atoms with Crippen LogP contribution < -0.4 is 14.2 Å². The molecule has 0 saturated heterocycles. The van der Waals surface area contributed by atoms with Crippen LogP contribution >= 0.6 is 0 Å². The van der Waals surface area contributed by atoms with Gasteiger partial charge in [0, 0.05) is 30.2 Å². The van der Waals surface area contributed by atoms with E-state index in [2.05, 4.69) is 42.5 Å². The van der Waals surface area contributed by atoms with Crippen LogP contribution in [0.15, 0.2) is 103 Å². The van der Waals surface area contributed by atoms with Crippen LogP contribution in [-0.2, 0) is 18.0 Å². The largest absolute Gasteiger partial charge is 0.489 e. The number of benzene rings is 4. The molecule has 36 heavy (non-hydrogen) atoms. The van der Waals surface area contributed by atoms with Gasteiger partial charge in [0.2, 0.25) is 0 Å². The highest BCUT2D eigenvalue weighted by Crippen LogP contribution is 2.53. The first kappa shape index (κ1) is 22.4.